The largest absolute Gasteiger partial charge is 0.443 e. The molecule has 104 valence electrons. The first-order valence-electron chi connectivity index (χ1n) is 6.86. The van der Waals surface area contributed by atoms with Gasteiger partial charge in [-0.1, -0.05) is 41.8 Å². The highest BCUT2D eigenvalue weighted by atomic mass is 16.7. The van der Waals surface area contributed by atoms with E-state index in [1.54, 1.807) is 12.5 Å². The van der Waals surface area contributed by atoms with Crippen LogP contribution in [0.3, 0.4) is 0 Å². The molecule has 3 rings (SSSR count). The summed E-state index contributed by atoms with van der Waals surface area (Å²) in [5, 5.41) is 0. The molecule has 0 saturated carbocycles. The second kappa shape index (κ2) is 5.38. The molecule has 0 spiro atoms. The van der Waals surface area contributed by atoms with Crippen molar-refractivity contribution in [3.05, 3.63) is 83.3 Å². The van der Waals surface area contributed by atoms with Crippen LogP contribution in [-0.2, 0) is 15.3 Å². The Morgan fingerprint density at radius 3 is 2.33 bits per heavy atom. The van der Waals surface area contributed by atoms with E-state index in [1.807, 2.05) is 44.2 Å². The summed E-state index contributed by atoms with van der Waals surface area (Å²) in [4.78, 5) is 0. The third kappa shape index (κ3) is 2.64. The van der Waals surface area contributed by atoms with Crippen molar-refractivity contribution in [2.45, 2.75) is 19.6 Å². The molecule has 2 nitrogen and oxygen atoms in total. The molecule has 2 heteroatoms. The van der Waals surface area contributed by atoms with Gasteiger partial charge in [-0.25, -0.2) is 0 Å². The molecule has 1 heterocycles. The normalized spacial score (nSPS) is 14.8. The van der Waals surface area contributed by atoms with Gasteiger partial charge in [-0.05, 0) is 43.5 Å². The van der Waals surface area contributed by atoms with Crippen molar-refractivity contribution in [2.75, 3.05) is 0 Å². The minimum Gasteiger partial charge on any atom is -0.443 e. The molecule has 0 bridgehead atoms. The molecule has 2 aromatic carbocycles. The summed E-state index contributed by atoms with van der Waals surface area (Å²) in [7, 11) is 0. The highest BCUT2D eigenvalue weighted by Crippen LogP contribution is 2.34. The van der Waals surface area contributed by atoms with E-state index in [2.05, 4.69) is 30.0 Å². The van der Waals surface area contributed by atoms with Crippen LogP contribution in [0, 0.1) is 25.7 Å². The first-order valence-corrected chi connectivity index (χ1v) is 6.86. The van der Waals surface area contributed by atoms with Crippen molar-refractivity contribution in [2.24, 2.45) is 0 Å². The van der Waals surface area contributed by atoms with Crippen LogP contribution in [0.25, 0.3) is 0 Å². The van der Waals surface area contributed by atoms with Gasteiger partial charge in [0.15, 0.2) is 0 Å². The number of ether oxygens (including phenoxy) is 2. The molecule has 0 aliphatic carbocycles. The molecule has 0 unspecified atom stereocenters. The Kier molecular flexibility index (Phi) is 3.41. The number of hydrogen-bond acceptors (Lipinski definition) is 2. The Morgan fingerprint density at radius 1 is 0.905 bits per heavy atom. The van der Waals surface area contributed by atoms with Crippen LogP contribution in [0.15, 0.2) is 61.1 Å². The fourth-order valence-electron chi connectivity index (χ4n) is 2.29. The predicted molar refractivity (Wildman–Crippen MR) is 82.2 cm³/mol. The number of benzene rings is 2. The Labute approximate surface area is 125 Å². The maximum Gasteiger partial charge on any atom is 0.344 e. The van der Waals surface area contributed by atoms with Gasteiger partial charge in [0.2, 0.25) is 0 Å². The average molecular weight is 276 g/mol. The van der Waals surface area contributed by atoms with E-state index in [0.717, 1.165) is 22.3 Å². The third-order valence-corrected chi connectivity index (χ3v) is 3.42. The highest BCUT2D eigenvalue weighted by Gasteiger charge is 2.37. The van der Waals surface area contributed by atoms with Crippen molar-refractivity contribution in [1.82, 2.24) is 0 Å². The summed E-state index contributed by atoms with van der Waals surface area (Å²) in [5.41, 5.74) is 4.11. The third-order valence-electron chi connectivity index (χ3n) is 3.42. The first kappa shape index (κ1) is 13.3. The molecule has 21 heavy (non-hydrogen) atoms. The van der Waals surface area contributed by atoms with Crippen molar-refractivity contribution >= 4 is 0 Å². The van der Waals surface area contributed by atoms with E-state index in [1.165, 1.54) is 0 Å². The van der Waals surface area contributed by atoms with E-state index in [0.29, 0.717) is 0 Å². The molecule has 0 amide bonds. The Hall–Kier alpha value is -2.66. The zero-order valence-electron chi connectivity index (χ0n) is 12.1. The van der Waals surface area contributed by atoms with Gasteiger partial charge >= 0.3 is 5.79 Å². The molecule has 0 atom stereocenters. The molecule has 0 saturated heterocycles. The van der Waals surface area contributed by atoms with Gasteiger partial charge in [0.05, 0.1) is 5.56 Å². The van der Waals surface area contributed by atoms with Crippen LogP contribution in [0.2, 0.25) is 0 Å². The smallest absolute Gasteiger partial charge is 0.344 e. The minimum absolute atomic E-state index is 0.932. The highest BCUT2D eigenvalue weighted by molar-refractivity contribution is 5.43. The maximum atomic E-state index is 5.71. The number of hydrogen-bond donors (Lipinski definition) is 0. The van der Waals surface area contributed by atoms with Gasteiger partial charge in [-0.15, -0.1) is 0 Å². The minimum atomic E-state index is -1.05. The van der Waals surface area contributed by atoms with Crippen LogP contribution in [0.5, 0.6) is 0 Å². The molecule has 0 radical (unpaired) electrons. The topological polar surface area (TPSA) is 18.5 Å². The molecular weight excluding hydrogens is 260 g/mol. The van der Waals surface area contributed by atoms with Crippen LogP contribution < -0.4 is 0 Å². The fraction of sp³-hybridized carbons (Fsp3) is 0.158. The van der Waals surface area contributed by atoms with Gasteiger partial charge in [0.1, 0.15) is 12.5 Å². The molecule has 2 aromatic rings. The predicted octanol–water partition coefficient (Wildman–Crippen LogP) is 4.03. The summed E-state index contributed by atoms with van der Waals surface area (Å²) in [6.07, 6.45) is 3.09. The lowest BCUT2D eigenvalue weighted by Gasteiger charge is -2.24. The van der Waals surface area contributed by atoms with Crippen LogP contribution >= 0.6 is 0 Å². The summed E-state index contributed by atoms with van der Waals surface area (Å²) in [5.74, 6) is 5.22. The average Bonchev–Trinajstić information content (AvgIpc) is 2.99. The van der Waals surface area contributed by atoms with Gasteiger partial charge in [-0.2, -0.15) is 0 Å². The van der Waals surface area contributed by atoms with E-state index < -0.39 is 5.79 Å². The lowest BCUT2D eigenvalue weighted by molar-refractivity contribution is -0.0968. The number of rotatable bonds is 1. The van der Waals surface area contributed by atoms with Crippen LogP contribution in [-0.4, -0.2) is 0 Å². The van der Waals surface area contributed by atoms with Crippen molar-refractivity contribution in [1.29, 1.82) is 0 Å². The Bertz CT molecular complexity index is 725. The van der Waals surface area contributed by atoms with Crippen molar-refractivity contribution in [3.8, 4) is 11.8 Å². The monoisotopic (exact) mass is 276 g/mol. The van der Waals surface area contributed by atoms with Gasteiger partial charge in [-0.3, -0.25) is 0 Å². The van der Waals surface area contributed by atoms with Gasteiger partial charge < -0.3 is 9.47 Å². The zero-order chi connectivity index (χ0) is 14.7. The zero-order valence-corrected chi connectivity index (χ0v) is 12.1. The second-order valence-electron chi connectivity index (χ2n) is 5.06. The quantitative estimate of drug-likeness (QED) is 0.732. The Balaban J connectivity index is 2.05. The van der Waals surface area contributed by atoms with E-state index in [-0.39, 0.29) is 0 Å². The molecule has 0 fully saturated rings. The SMILES string of the molecule is Cc1ccc(C)c(C2(C#Cc3ccccc3)OC=CO2)c1. The summed E-state index contributed by atoms with van der Waals surface area (Å²) in [6, 6.07) is 16.0. The van der Waals surface area contributed by atoms with E-state index in [4.69, 9.17) is 9.47 Å². The van der Waals surface area contributed by atoms with Crippen LogP contribution in [0.1, 0.15) is 22.3 Å². The molecule has 1 aliphatic heterocycles. The van der Waals surface area contributed by atoms with Gasteiger partial charge in [0.25, 0.3) is 0 Å². The van der Waals surface area contributed by atoms with E-state index in [9.17, 15) is 0 Å². The first-order chi connectivity index (χ1) is 10.2. The van der Waals surface area contributed by atoms with Crippen LogP contribution in [0.4, 0.5) is 0 Å². The molecule has 0 aromatic heterocycles. The fourth-order valence-corrected chi connectivity index (χ4v) is 2.29. The molecular formula is C19H16O2. The lowest BCUT2D eigenvalue weighted by Crippen LogP contribution is -2.26. The second-order valence-corrected chi connectivity index (χ2v) is 5.06. The van der Waals surface area contributed by atoms with E-state index >= 15 is 0 Å². The standard InChI is InChI=1S/C19H16O2/c1-15-8-9-16(2)18(14-15)19(20-12-13-21-19)11-10-17-6-4-3-5-7-17/h3-9,12-14H,1-2H3. The Morgan fingerprint density at radius 2 is 1.62 bits per heavy atom. The maximum absolute atomic E-state index is 5.71. The summed E-state index contributed by atoms with van der Waals surface area (Å²) in [6.45, 7) is 4.08. The van der Waals surface area contributed by atoms with Gasteiger partial charge in [0, 0.05) is 5.56 Å². The summed E-state index contributed by atoms with van der Waals surface area (Å²) < 4.78 is 11.4. The van der Waals surface area contributed by atoms with Crippen molar-refractivity contribution in [3.63, 3.8) is 0 Å². The lowest BCUT2D eigenvalue weighted by atomic mass is 9.98. The molecule has 0 N–H and O–H groups in total. The molecule has 1 aliphatic rings. The van der Waals surface area contributed by atoms with Crippen molar-refractivity contribution < 1.29 is 9.47 Å². The summed E-state index contributed by atoms with van der Waals surface area (Å²) >= 11 is 0. The number of aryl methyl sites for hydroxylation is 2.